The highest BCUT2D eigenvalue weighted by Crippen LogP contribution is 2.25. The molecule has 0 N–H and O–H groups in total. The first-order chi connectivity index (χ1) is 10.5. The van der Waals surface area contributed by atoms with Crippen molar-refractivity contribution in [1.82, 2.24) is 4.98 Å². The van der Waals surface area contributed by atoms with Crippen LogP contribution in [-0.4, -0.2) is 20.6 Å². The first-order valence-corrected chi connectivity index (χ1v) is 6.05. The van der Waals surface area contributed by atoms with E-state index in [0.717, 1.165) is 18.2 Å². The first-order valence-electron chi connectivity index (χ1n) is 6.05. The first kappa shape index (κ1) is 15.0. The van der Waals surface area contributed by atoms with E-state index in [9.17, 15) is 25.0 Å². The van der Waals surface area contributed by atoms with Crippen molar-refractivity contribution in [3.63, 3.8) is 0 Å². The van der Waals surface area contributed by atoms with Crippen LogP contribution in [0.1, 0.15) is 16.1 Å². The number of nitro benzene ring substituents is 2. The van der Waals surface area contributed by atoms with Crippen molar-refractivity contribution < 1.29 is 14.6 Å². The number of non-ortho nitro benzene ring substituents is 1. The Bertz CT molecular complexity index is 771. The van der Waals surface area contributed by atoms with E-state index in [2.05, 4.69) is 4.98 Å². The van der Waals surface area contributed by atoms with Crippen LogP contribution >= 0.6 is 0 Å². The average molecular weight is 299 g/mol. The molecular weight excluding hydrogens is 290 g/mol. The third-order valence-electron chi connectivity index (χ3n) is 2.75. The van der Waals surface area contributed by atoms with Crippen LogP contribution < -0.4 is 0 Å². The van der Waals surface area contributed by atoms with Gasteiger partial charge in [0.2, 0.25) is 5.78 Å². The van der Waals surface area contributed by atoms with Gasteiger partial charge in [-0.05, 0) is 30.4 Å². The molecule has 0 spiro atoms. The molecular formula is C14H9N3O5. The molecule has 0 atom stereocenters. The van der Waals surface area contributed by atoms with E-state index >= 15 is 0 Å². The van der Waals surface area contributed by atoms with Crippen molar-refractivity contribution in [2.24, 2.45) is 0 Å². The number of carbonyl (C=O) groups excluding carboxylic acids is 1. The second-order valence-corrected chi connectivity index (χ2v) is 4.17. The summed E-state index contributed by atoms with van der Waals surface area (Å²) >= 11 is 0. The lowest BCUT2D eigenvalue weighted by Gasteiger charge is -1.98. The standard InChI is InChI=1S/C14H9N3O5/c18-14(12-3-1-2-8-15-12)7-5-10-4-6-11(16(19)20)9-13(10)17(21)22/h1-9H. The lowest BCUT2D eigenvalue weighted by atomic mass is 10.1. The minimum Gasteiger partial charge on any atom is -0.288 e. The number of rotatable bonds is 5. The van der Waals surface area contributed by atoms with E-state index in [-0.39, 0.29) is 16.9 Å². The molecule has 0 saturated carbocycles. The summed E-state index contributed by atoms with van der Waals surface area (Å²) in [6, 6.07) is 8.02. The Balaban J connectivity index is 2.33. The van der Waals surface area contributed by atoms with Crippen molar-refractivity contribution in [2.45, 2.75) is 0 Å². The summed E-state index contributed by atoms with van der Waals surface area (Å²) in [7, 11) is 0. The fraction of sp³-hybridized carbons (Fsp3) is 0. The third kappa shape index (κ3) is 3.37. The molecule has 0 bridgehead atoms. The maximum absolute atomic E-state index is 11.8. The van der Waals surface area contributed by atoms with Gasteiger partial charge in [-0.25, -0.2) is 0 Å². The van der Waals surface area contributed by atoms with Crippen LogP contribution in [-0.2, 0) is 0 Å². The van der Waals surface area contributed by atoms with Crippen molar-refractivity contribution in [2.75, 3.05) is 0 Å². The Kier molecular flexibility index (Phi) is 4.33. The topological polar surface area (TPSA) is 116 Å². The van der Waals surface area contributed by atoms with Gasteiger partial charge in [0.25, 0.3) is 11.4 Å². The normalized spacial score (nSPS) is 10.5. The van der Waals surface area contributed by atoms with Crippen LogP contribution in [0.25, 0.3) is 6.08 Å². The Morgan fingerprint density at radius 3 is 2.45 bits per heavy atom. The molecule has 8 heteroatoms. The Morgan fingerprint density at radius 2 is 1.86 bits per heavy atom. The molecule has 0 aliphatic heterocycles. The molecule has 2 rings (SSSR count). The molecule has 0 aliphatic rings. The molecule has 0 saturated heterocycles. The second-order valence-electron chi connectivity index (χ2n) is 4.17. The third-order valence-corrected chi connectivity index (χ3v) is 2.75. The maximum Gasteiger partial charge on any atom is 0.283 e. The van der Waals surface area contributed by atoms with Crippen LogP contribution in [0.4, 0.5) is 11.4 Å². The summed E-state index contributed by atoms with van der Waals surface area (Å²) in [5.41, 5.74) is -0.539. The highest BCUT2D eigenvalue weighted by molar-refractivity contribution is 6.05. The fourth-order valence-electron chi connectivity index (χ4n) is 1.70. The number of hydrogen-bond acceptors (Lipinski definition) is 6. The van der Waals surface area contributed by atoms with Gasteiger partial charge >= 0.3 is 0 Å². The molecule has 0 radical (unpaired) electrons. The number of allylic oxidation sites excluding steroid dienone is 1. The Morgan fingerprint density at radius 1 is 1.09 bits per heavy atom. The average Bonchev–Trinajstić information content (AvgIpc) is 2.53. The molecule has 0 unspecified atom stereocenters. The van der Waals surface area contributed by atoms with Crippen LogP contribution in [0.5, 0.6) is 0 Å². The summed E-state index contributed by atoms with van der Waals surface area (Å²) in [5.74, 6) is -0.423. The largest absolute Gasteiger partial charge is 0.288 e. The highest BCUT2D eigenvalue weighted by atomic mass is 16.6. The van der Waals surface area contributed by atoms with Gasteiger partial charge in [-0.2, -0.15) is 0 Å². The van der Waals surface area contributed by atoms with Gasteiger partial charge in [-0.3, -0.25) is 30.0 Å². The van der Waals surface area contributed by atoms with E-state index in [1.165, 1.54) is 24.4 Å². The molecule has 1 aromatic heterocycles. The summed E-state index contributed by atoms with van der Waals surface area (Å²) < 4.78 is 0. The lowest BCUT2D eigenvalue weighted by Crippen LogP contribution is -1.98. The van der Waals surface area contributed by atoms with Gasteiger partial charge in [0.05, 0.1) is 21.5 Å². The molecule has 22 heavy (non-hydrogen) atoms. The molecule has 110 valence electrons. The van der Waals surface area contributed by atoms with Crippen molar-refractivity contribution in [1.29, 1.82) is 0 Å². The van der Waals surface area contributed by atoms with Gasteiger partial charge in [-0.1, -0.05) is 6.07 Å². The van der Waals surface area contributed by atoms with E-state index in [4.69, 9.17) is 0 Å². The zero-order valence-corrected chi connectivity index (χ0v) is 11.1. The number of ketones is 1. The molecule has 0 aliphatic carbocycles. The lowest BCUT2D eigenvalue weighted by molar-refractivity contribution is -0.394. The molecule has 2 aromatic rings. The van der Waals surface area contributed by atoms with Crippen molar-refractivity contribution in [3.05, 3.63) is 80.2 Å². The van der Waals surface area contributed by atoms with E-state index in [1.807, 2.05) is 0 Å². The highest BCUT2D eigenvalue weighted by Gasteiger charge is 2.18. The van der Waals surface area contributed by atoms with Crippen LogP contribution in [0.15, 0.2) is 48.7 Å². The van der Waals surface area contributed by atoms with Crippen LogP contribution in [0.3, 0.4) is 0 Å². The number of benzene rings is 1. The van der Waals surface area contributed by atoms with Gasteiger partial charge in [-0.15, -0.1) is 0 Å². The number of pyridine rings is 1. The molecule has 0 amide bonds. The molecule has 8 nitrogen and oxygen atoms in total. The Labute approximate surface area is 124 Å². The number of hydrogen-bond donors (Lipinski definition) is 0. The van der Waals surface area contributed by atoms with Crippen LogP contribution in [0, 0.1) is 20.2 Å². The molecule has 1 heterocycles. The monoisotopic (exact) mass is 299 g/mol. The number of aromatic nitrogens is 1. The molecule has 1 aromatic carbocycles. The number of carbonyl (C=O) groups is 1. The SMILES string of the molecule is O=C(C=Cc1ccc([N+](=O)[O-])cc1[N+](=O)[O-])c1ccccn1. The van der Waals surface area contributed by atoms with E-state index in [1.54, 1.807) is 12.1 Å². The second kappa shape index (κ2) is 6.35. The van der Waals surface area contributed by atoms with Crippen molar-refractivity contribution in [3.8, 4) is 0 Å². The van der Waals surface area contributed by atoms with E-state index in [0.29, 0.717) is 0 Å². The Hall–Kier alpha value is -3.42. The predicted molar refractivity (Wildman–Crippen MR) is 77.4 cm³/mol. The predicted octanol–water partition coefficient (Wildman–Crippen LogP) is 2.79. The summed E-state index contributed by atoms with van der Waals surface area (Å²) in [5, 5.41) is 21.6. The van der Waals surface area contributed by atoms with Gasteiger partial charge in [0.15, 0.2) is 0 Å². The van der Waals surface area contributed by atoms with Gasteiger partial charge in [0.1, 0.15) is 5.69 Å². The van der Waals surface area contributed by atoms with Crippen LogP contribution in [0.2, 0.25) is 0 Å². The molecule has 0 fully saturated rings. The maximum atomic E-state index is 11.8. The minimum atomic E-state index is -0.738. The number of nitrogens with zero attached hydrogens (tertiary/aromatic N) is 3. The van der Waals surface area contributed by atoms with Crippen molar-refractivity contribution >= 4 is 23.2 Å². The van der Waals surface area contributed by atoms with Gasteiger partial charge < -0.3 is 0 Å². The fourth-order valence-corrected chi connectivity index (χ4v) is 1.70. The van der Waals surface area contributed by atoms with Gasteiger partial charge in [0, 0.05) is 12.3 Å². The smallest absolute Gasteiger partial charge is 0.283 e. The quantitative estimate of drug-likeness (QED) is 0.362. The summed E-state index contributed by atoms with van der Waals surface area (Å²) in [6.07, 6.45) is 3.82. The zero-order valence-electron chi connectivity index (χ0n) is 11.1. The minimum absolute atomic E-state index is 0.0971. The summed E-state index contributed by atoms with van der Waals surface area (Å²) in [6.45, 7) is 0. The summed E-state index contributed by atoms with van der Waals surface area (Å²) in [4.78, 5) is 35.9. The van der Waals surface area contributed by atoms with E-state index < -0.39 is 21.3 Å². The number of nitro groups is 2. The zero-order chi connectivity index (χ0) is 16.1.